The second kappa shape index (κ2) is 8.17. The van der Waals surface area contributed by atoms with E-state index in [0.29, 0.717) is 10.0 Å². The molecule has 0 fully saturated rings. The summed E-state index contributed by atoms with van der Waals surface area (Å²) < 4.78 is 20.7. The van der Waals surface area contributed by atoms with E-state index in [1.165, 1.54) is 30.0 Å². The van der Waals surface area contributed by atoms with Crippen molar-refractivity contribution in [2.45, 2.75) is 6.54 Å². The molecule has 2 aromatic carbocycles. The van der Waals surface area contributed by atoms with E-state index in [4.69, 9.17) is 4.74 Å². The first kappa shape index (κ1) is 19.5. The average Bonchev–Trinajstić information content (AvgIpc) is 3.01. The van der Waals surface area contributed by atoms with Crippen molar-refractivity contribution < 1.29 is 18.8 Å². The van der Waals surface area contributed by atoms with Gasteiger partial charge in [-0.05, 0) is 34.1 Å². The number of carbonyl (C=O) groups excluding carboxylic acids is 1. The molecule has 1 N–H and O–H groups in total. The van der Waals surface area contributed by atoms with Gasteiger partial charge in [0, 0.05) is 23.4 Å². The van der Waals surface area contributed by atoms with Crippen LogP contribution in [-0.4, -0.2) is 27.7 Å². The summed E-state index contributed by atoms with van der Waals surface area (Å²) in [5, 5.41) is 17.9. The van der Waals surface area contributed by atoms with Gasteiger partial charge in [0.1, 0.15) is 5.82 Å². The minimum absolute atomic E-state index is 0.0527. The molecule has 3 aromatic rings. The van der Waals surface area contributed by atoms with Crippen LogP contribution in [0.3, 0.4) is 0 Å². The van der Waals surface area contributed by atoms with Gasteiger partial charge in [-0.3, -0.25) is 19.6 Å². The van der Waals surface area contributed by atoms with Crippen molar-refractivity contribution >= 4 is 33.3 Å². The van der Waals surface area contributed by atoms with Crippen LogP contribution in [0, 0.1) is 15.9 Å². The number of halogens is 2. The Bertz CT molecular complexity index is 1050. The topological polar surface area (TPSA) is 99.3 Å². The molecular weight excluding hydrogens is 435 g/mol. The minimum Gasteiger partial charge on any atom is -0.490 e. The average molecular weight is 449 g/mol. The fraction of sp³-hybridized carbons (Fsp3) is 0.111. The molecule has 0 saturated carbocycles. The lowest BCUT2D eigenvalue weighted by atomic mass is 10.1. The molecule has 0 bridgehead atoms. The van der Waals surface area contributed by atoms with Crippen LogP contribution in [0.2, 0.25) is 0 Å². The van der Waals surface area contributed by atoms with E-state index in [1.807, 2.05) is 0 Å². The molecule has 1 aromatic heterocycles. The molecule has 3 rings (SSSR count). The number of carbonyl (C=O) groups is 1. The number of hydrogen-bond donors (Lipinski definition) is 1. The molecule has 1 heterocycles. The smallest absolute Gasteiger partial charge is 0.311 e. The first-order valence-corrected chi connectivity index (χ1v) is 8.78. The lowest BCUT2D eigenvalue weighted by Gasteiger charge is -2.06. The molecule has 0 aliphatic carbocycles. The van der Waals surface area contributed by atoms with Crippen molar-refractivity contribution in [3.05, 3.63) is 80.2 Å². The van der Waals surface area contributed by atoms with Crippen LogP contribution in [0.25, 0.3) is 0 Å². The predicted octanol–water partition coefficient (Wildman–Crippen LogP) is 4.00. The van der Waals surface area contributed by atoms with Crippen LogP contribution in [0.1, 0.15) is 15.9 Å². The van der Waals surface area contributed by atoms with Crippen molar-refractivity contribution in [2.75, 3.05) is 12.4 Å². The van der Waals surface area contributed by atoms with Gasteiger partial charge in [0.05, 0.1) is 23.1 Å². The van der Waals surface area contributed by atoms with E-state index in [0.717, 1.165) is 6.07 Å². The van der Waals surface area contributed by atoms with Crippen molar-refractivity contribution in [2.24, 2.45) is 0 Å². The van der Waals surface area contributed by atoms with Crippen molar-refractivity contribution in [1.82, 2.24) is 9.78 Å². The molecule has 0 radical (unpaired) electrons. The van der Waals surface area contributed by atoms with Gasteiger partial charge in [0.15, 0.2) is 11.6 Å². The largest absolute Gasteiger partial charge is 0.490 e. The molecule has 28 heavy (non-hydrogen) atoms. The standard InChI is InChI=1S/C18H14BrFN4O4/c1-28-16-7-6-11(8-15(16)24(26)27)18(25)21-17-13(19)10-23(22-17)9-12-4-2-3-5-14(12)20/h2-8,10H,9H2,1H3,(H,21,22,25). The maximum absolute atomic E-state index is 13.8. The fourth-order valence-corrected chi connectivity index (χ4v) is 2.93. The van der Waals surface area contributed by atoms with Crippen molar-refractivity contribution in [1.29, 1.82) is 0 Å². The quantitative estimate of drug-likeness (QED) is 0.453. The van der Waals surface area contributed by atoms with E-state index >= 15 is 0 Å². The van der Waals surface area contributed by atoms with Crippen LogP contribution in [0.15, 0.2) is 53.1 Å². The number of rotatable bonds is 6. The van der Waals surface area contributed by atoms with E-state index < -0.39 is 10.8 Å². The van der Waals surface area contributed by atoms with Crippen LogP contribution in [0.5, 0.6) is 5.75 Å². The van der Waals surface area contributed by atoms with E-state index in [1.54, 1.807) is 24.4 Å². The van der Waals surface area contributed by atoms with Crippen LogP contribution >= 0.6 is 15.9 Å². The number of benzene rings is 2. The Morgan fingerprint density at radius 2 is 2.11 bits per heavy atom. The summed E-state index contributed by atoms with van der Waals surface area (Å²) in [4.78, 5) is 22.9. The molecule has 0 saturated heterocycles. The number of amides is 1. The van der Waals surface area contributed by atoms with E-state index in [2.05, 4.69) is 26.3 Å². The molecule has 0 aliphatic rings. The summed E-state index contributed by atoms with van der Waals surface area (Å²) in [6.45, 7) is 0.176. The Hall–Kier alpha value is -3.27. The number of nitrogens with zero attached hydrogens (tertiary/aromatic N) is 3. The third-order valence-electron chi connectivity index (χ3n) is 3.88. The lowest BCUT2D eigenvalue weighted by molar-refractivity contribution is -0.385. The van der Waals surface area contributed by atoms with Crippen molar-refractivity contribution in [3.8, 4) is 5.75 Å². The van der Waals surface area contributed by atoms with E-state index in [9.17, 15) is 19.3 Å². The monoisotopic (exact) mass is 448 g/mol. The number of anilines is 1. The molecule has 0 aliphatic heterocycles. The summed E-state index contributed by atoms with van der Waals surface area (Å²) in [6, 6.07) is 10.2. The molecule has 0 atom stereocenters. The normalized spacial score (nSPS) is 10.5. The number of nitrogens with one attached hydrogen (secondary N) is 1. The highest BCUT2D eigenvalue weighted by molar-refractivity contribution is 9.10. The maximum atomic E-state index is 13.8. The van der Waals surface area contributed by atoms with Gasteiger partial charge in [-0.15, -0.1) is 0 Å². The van der Waals surface area contributed by atoms with Gasteiger partial charge in [-0.1, -0.05) is 18.2 Å². The molecule has 8 nitrogen and oxygen atoms in total. The summed E-state index contributed by atoms with van der Waals surface area (Å²) in [6.07, 6.45) is 1.60. The Morgan fingerprint density at radius 3 is 2.79 bits per heavy atom. The zero-order valence-corrected chi connectivity index (χ0v) is 16.1. The summed E-state index contributed by atoms with van der Waals surface area (Å²) in [5.74, 6) is -0.676. The zero-order chi connectivity index (χ0) is 20.3. The molecule has 144 valence electrons. The first-order chi connectivity index (χ1) is 13.4. The highest BCUT2D eigenvalue weighted by atomic mass is 79.9. The zero-order valence-electron chi connectivity index (χ0n) is 14.6. The van der Waals surface area contributed by atoms with Gasteiger partial charge >= 0.3 is 5.69 Å². The fourth-order valence-electron chi connectivity index (χ4n) is 2.52. The third kappa shape index (κ3) is 4.17. The highest BCUT2D eigenvalue weighted by Crippen LogP contribution is 2.28. The Kier molecular flexibility index (Phi) is 5.69. The molecule has 10 heteroatoms. The SMILES string of the molecule is COc1ccc(C(=O)Nc2nn(Cc3ccccc3F)cc2Br)cc1[N+](=O)[O-]. The number of nitro benzene ring substituents is 1. The number of ether oxygens (including phenoxy) is 1. The number of aromatic nitrogens is 2. The van der Waals surface area contributed by atoms with Crippen LogP contribution in [-0.2, 0) is 6.54 Å². The summed E-state index contributed by atoms with van der Waals surface area (Å²) >= 11 is 3.29. The van der Waals surface area contributed by atoms with Crippen molar-refractivity contribution in [3.63, 3.8) is 0 Å². The molecule has 1 amide bonds. The summed E-state index contributed by atoms with van der Waals surface area (Å²) in [7, 11) is 1.31. The Balaban J connectivity index is 1.80. The van der Waals surface area contributed by atoms with Gasteiger partial charge in [0.25, 0.3) is 5.91 Å². The second-order valence-corrected chi connectivity index (χ2v) is 6.57. The van der Waals surface area contributed by atoms with Gasteiger partial charge in [-0.2, -0.15) is 5.10 Å². The van der Waals surface area contributed by atoms with Crippen LogP contribution in [0.4, 0.5) is 15.9 Å². The first-order valence-electron chi connectivity index (χ1n) is 7.99. The predicted molar refractivity (Wildman–Crippen MR) is 103 cm³/mol. The van der Waals surface area contributed by atoms with Gasteiger partial charge < -0.3 is 10.1 Å². The number of methoxy groups -OCH3 is 1. The second-order valence-electron chi connectivity index (χ2n) is 5.71. The Labute approximate surface area is 167 Å². The number of hydrogen-bond acceptors (Lipinski definition) is 5. The van der Waals surface area contributed by atoms with Gasteiger partial charge in [-0.25, -0.2) is 4.39 Å². The third-order valence-corrected chi connectivity index (χ3v) is 4.46. The maximum Gasteiger partial charge on any atom is 0.311 e. The molecule has 0 spiro atoms. The molecule has 0 unspecified atom stereocenters. The van der Waals surface area contributed by atoms with E-state index in [-0.39, 0.29) is 35.2 Å². The minimum atomic E-state index is -0.630. The summed E-state index contributed by atoms with van der Waals surface area (Å²) in [5.41, 5.74) is 0.198. The number of nitro groups is 1. The molecular formula is C18H14BrFN4O4. The lowest BCUT2D eigenvalue weighted by Crippen LogP contribution is -2.13. The highest BCUT2D eigenvalue weighted by Gasteiger charge is 2.19. The Morgan fingerprint density at radius 1 is 1.36 bits per heavy atom. The van der Waals surface area contributed by atoms with Crippen LogP contribution < -0.4 is 10.1 Å². The van der Waals surface area contributed by atoms with Gasteiger partial charge in [0.2, 0.25) is 0 Å².